The third-order valence-corrected chi connectivity index (χ3v) is 16.0. The van der Waals surface area contributed by atoms with Gasteiger partial charge < -0.3 is 89.9 Å². The maximum atomic E-state index is 13.4. The number of aliphatic hydroxyl groups is 11. The zero-order valence-electron chi connectivity index (χ0n) is 51.1. The summed E-state index contributed by atoms with van der Waals surface area (Å²) in [5.74, 6) is -0.296. The van der Waals surface area contributed by atoms with Crippen molar-refractivity contribution < 1.29 is 89.4 Å². The molecule has 0 radical (unpaired) electrons. The normalized spacial score (nSPS) is 29.6. The first-order chi connectivity index (χ1) is 40.8. The van der Waals surface area contributed by atoms with Gasteiger partial charge in [0.05, 0.1) is 38.6 Å². The van der Waals surface area contributed by atoms with E-state index in [1.54, 1.807) is 6.08 Å². The second-order valence-corrected chi connectivity index (χ2v) is 23.2. The van der Waals surface area contributed by atoms with E-state index in [4.69, 9.17) is 28.4 Å². The van der Waals surface area contributed by atoms with Crippen molar-refractivity contribution in [2.24, 2.45) is 0 Å². The van der Waals surface area contributed by atoms with Crippen LogP contribution in [0, 0.1) is 0 Å². The van der Waals surface area contributed by atoms with Gasteiger partial charge in [0, 0.05) is 6.42 Å². The number of hydrogen-bond donors (Lipinski definition) is 12. The van der Waals surface area contributed by atoms with Crippen LogP contribution >= 0.6 is 0 Å². The Balaban J connectivity index is 1.49. The van der Waals surface area contributed by atoms with E-state index in [0.717, 1.165) is 64.2 Å². The van der Waals surface area contributed by atoms with Crippen LogP contribution in [0.1, 0.15) is 213 Å². The molecule has 3 fully saturated rings. The third kappa shape index (κ3) is 30.1. The van der Waals surface area contributed by atoms with Gasteiger partial charge in [-0.05, 0) is 77.0 Å². The fourth-order valence-corrected chi connectivity index (χ4v) is 10.7. The number of ether oxygens (including phenoxy) is 6. The minimum atomic E-state index is -1.98. The summed E-state index contributed by atoms with van der Waals surface area (Å²) in [6.45, 7) is 1.68. The summed E-state index contributed by atoms with van der Waals surface area (Å²) in [5, 5.41) is 120. The van der Waals surface area contributed by atoms with Crippen molar-refractivity contribution >= 4 is 5.91 Å². The molecule has 0 aromatic carbocycles. The lowest BCUT2D eigenvalue weighted by Gasteiger charge is -2.48. The van der Waals surface area contributed by atoms with Crippen LogP contribution in [0.4, 0.5) is 0 Å². The number of allylic oxidation sites excluding steroid dienone is 9. The highest BCUT2D eigenvalue weighted by Gasteiger charge is 2.53. The molecule has 3 aliphatic heterocycles. The molecule has 3 saturated heterocycles. The molecular formula is C65H115NO18. The number of hydrogen-bond acceptors (Lipinski definition) is 18. The number of amides is 1. The van der Waals surface area contributed by atoms with Gasteiger partial charge in [0.25, 0.3) is 0 Å². The predicted octanol–water partition coefficient (Wildman–Crippen LogP) is 7.21. The minimum Gasteiger partial charge on any atom is -0.394 e. The molecule has 0 spiro atoms. The molecule has 17 unspecified atom stereocenters. The molecule has 3 rings (SSSR count). The van der Waals surface area contributed by atoms with Crippen LogP contribution in [0.3, 0.4) is 0 Å². The van der Waals surface area contributed by atoms with Crippen molar-refractivity contribution in [3.8, 4) is 0 Å². The van der Waals surface area contributed by atoms with Gasteiger partial charge in [0.2, 0.25) is 5.91 Å². The third-order valence-electron chi connectivity index (χ3n) is 16.0. The second-order valence-electron chi connectivity index (χ2n) is 23.2. The zero-order valence-corrected chi connectivity index (χ0v) is 51.1. The highest BCUT2D eigenvalue weighted by molar-refractivity contribution is 5.76. The molecule has 17 atom stereocenters. The van der Waals surface area contributed by atoms with E-state index in [1.807, 2.05) is 6.08 Å². The molecule has 19 nitrogen and oxygen atoms in total. The lowest BCUT2D eigenvalue weighted by Crippen LogP contribution is -2.66. The van der Waals surface area contributed by atoms with Crippen LogP contribution in [-0.2, 0) is 33.2 Å². The van der Waals surface area contributed by atoms with Crippen molar-refractivity contribution in [2.75, 3.05) is 26.4 Å². The molecule has 0 saturated carbocycles. The maximum Gasteiger partial charge on any atom is 0.220 e. The highest BCUT2D eigenvalue weighted by atomic mass is 16.8. The lowest BCUT2D eigenvalue weighted by molar-refractivity contribution is -0.379. The predicted molar refractivity (Wildman–Crippen MR) is 323 cm³/mol. The number of aliphatic hydroxyl groups excluding tert-OH is 11. The van der Waals surface area contributed by atoms with E-state index < -0.39 is 124 Å². The molecule has 3 aliphatic rings. The Morgan fingerprint density at radius 1 is 0.429 bits per heavy atom. The Morgan fingerprint density at radius 2 is 0.798 bits per heavy atom. The topological polar surface area (TPSA) is 307 Å². The summed E-state index contributed by atoms with van der Waals surface area (Å²) in [5.41, 5.74) is 0. The number of nitrogens with one attached hydrogen (secondary N) is 1. The monoisotopic (exact) mass is 1200 g/mol. The average molecular weight is 1200 g/mol. The van der Waals surface area contributed by atoms with E-state index >= 15 is 0 Å². The Hall–Kier alpha value is -2.51. The zero-order chi connectivity index (χ0) is 61.2. The summed E-state index contributed by atoms with van der Waals surface area (Å²) in [7, 11) is 0. The van der Waals surface area contributed by atoms with Gasteiger partial charge >= 0.3 is 0 Å². The van der Waals surface area contributed by atoms with Crippen LogP contribution in [0.25, 0.3) is 0 Å². The quantitative estimate of drug-likeness (QED) is 0.0211. The fourth-order valence-electron chi connectivity index (χ4n) is 10.7. The highest BCUT2D eigenvalue weighted by Crippen LogP contribution is 2.33. The standard InChI is InChI=1S/C65H115NO18/c1-3-5-7-9-11-13-15-17-19-21-23-24-25-27-29-31-33-35-37-39-41-43-53(71)66-48(49(70)42-40-38-36-34-32-30-28-26-22-20-18-16-14-12-10-8-6-4-2)47-79-63-59(77)56(74)61(51(45-68)81-63)84-65-60(78)57(75)62(52(46-69)82-65)83-64-58(76)55(73)54(72)50(44-67)80-64/h15,17,21-23,26,32,34,40,42,48-52,54-65,67-70,72-78H,3-14,16,18-20,24-25,27-31,33,35-39,41,43-47H2,1-2H3,(H,66,71)/b17-15-,23-21-,26-22+,34-32+,42-40+. The van der Waals surface area contributed by atoms with Crippen molar-refractivity contribution in [1.82, 2.24) is 5.32 Å². The van der Waals surface area contributed by atoms with Gasteiger partial charge in [0.1, 0.15) is 73.2 Å². The molecule has 0 aromatic rings. The summed E-state index contributed by atoms with van der Waals surface area (Å²) in [6, 6.07) is -1.00. The number of carbonyl (C=O) groups is 1. The maximum absolute atomic E-state index is 13.4. The van der Waals surface area contributed by atoms with Gasteiger partial charge in [-0.1, -0.05) is 190 Å². The molecule has 12 N–H and O–H groups in total. The summed E-state index contributed by atoms with van der Waals surface area (Å²) in [4.78, 5) is 13.4. The molecule has 0 aromatic heterocycles. The number of unbranched alkanes of at least 4 members (excludes halogenated alkanes) is 24. The summed E-state index contributed by atoms with van der Waals surface area (Å²) < 4.78 is 34.3. The molecule has 1 amide bonds. The van der Waals surface area contributed by atoms with Gasteiger partial charge in [-0.15, -0.1) is 0 Å². The Kier molecular flexibility index (Phi) is 42.8. The van der Waals surface area contributed by atoms with Crippen LogP contribution in [0.15, 0.2) is 60.8 Å². The minimum absolute atomic E-state index is 0.225. The first kappa shape index (κ1) is 75.7. The fraction of sp³-hybridized carbons (Fsp3) is 0.831. The summed E-state index contributed by atoms with van der Waals surface area (Å²) >= 11 is 0. The van der Waals surface area contributed by atoms with E-state index in [-0.39, 0.29) is 18.9 Å². The molecule has 0 bridgehead atoms. The SMILES string of the molecule is CCCCCCC/C=C\C/C=C\CCCCCCCCCCCC(=O)NC(COC1OC(CO)C(OC2OC(CO)C(OC3OC(CO)C(O)C(O)C3O)C(O)C2O)C(O)C1O)C(O)/C=C/CC/C=C/CC/C=C/CCCCCCCCCC. The largest absolute Gasteiger partial charge is 0.394 e. The molecule has 19 heteroatoms. The van der Waals surface area contributed by atoms with Crippen LogP contribution in [-0.4, -0.2) is 193 Å². The Labute approximate surface area is 503 Å². The van der Waals surface area contributed by atoms with Crippen molar-refractivity contribution in [1.29, 1.82) is 0 Å². The second kappa shape index (κ2) is 47.5. The average Bonchev–Trinajstić information content (AvgIpc) is 2.76. The van der Waals surface area contributed by atoms with Gasteiger partial charge in [-0.25, -0.2) is 0 Å². The first-order valence-electron chi connectivity index (χ1n) is 32.5. The van der Waals surface area contributed by atoms with Gasteiger partial charge in [-0.2, -0.15) is 0 Å². The van der Waals surface area contributed by atoms with Crippen LogP contribution in [0.5, 0.6) is 0 Å². The molecule has 3 heterocycles. The smallest absolute Gasteiger partial charge is 0.220 e. The van der Waals surface area contributed by atoms with Gasteiger partial charge in [-0.3, -0.25) is 4.79 Å². The van der Waals surface area contributed by atoms with Gasteiger partial charge in [0.15, 0.2) is 18.9 Å². The summed E-state index contributed by atoms with van der Waals surface area (Å²) in [6.07, 6.45) is 29.0. The lowest BCUT2D eigenvalue weighted by atomic mass is 9.96. The number of rotatable bonds is 48. The molecule has 488 valence electrons. The Bertz CT molecular complexity index is 1770. The van der Waals surface area contributed by atoms with E-state index in [1.165, 1.54) is 116 Å². The van der Waals surface area contributed by atoms with E-state index in [9.17, 15) is 61.0 Å². The molecular weight excluding hydrogens is 1080 g/mol. The first-order valence-corrected chi connectivity index (χ1v) is 32.5. The van der Waals surface area contributed by atoms with E-state index in [2.05, 4.69) is 67.8 Å². The van der Waals surface area contributed by atoms with Crippen LogP contribution < -0.4 is 5.32 Å². The number of carbonyl (C=O) groups excluding carboxylic acids is 1. The molecule has 84 heavy (non-hydrogen) atoms. The van der Waals surface area contributed by atoms with E-state index in [0.29, 0.717) is 12.8 Å². The van der Waals surface area contributed by atoms with Crippen molar-refractivity contribution in [3.63, 3.8) is 0 Å². The Morgan fingerprint density at radius 3 is 1.26 bits per heavy atom. The van der Waals surface area contributed by atoms with Crippen molar-refractivity contribution in [2.45, 2.75) is 317 Å². The van der Waals surface area contributed by atoms with Crippen LogP contribution in [0.2, 0.25) is 0 Å². The van der Waals surface area contributed by atoms with Crippen molar-refractivity contribution in [3.05, 3.63) is 60.8 Å². The molecule has 0 aliphatic carbocycles.